The van der Waals surface area contributed by atoms with Crippen molar-refractivity contribution in [1.82, 2.24) is 24.5 Å². The Kier molecular flexibility index (Phi) is 4.90. The number of benzene rings is 1. The molecule has 35 heavy (non-hydrogen) atoms. The lowest BCUT2D eigenvalue weighted by molar-refractivity contribution is 0.102. The number of imidazole rings is 1. The Hall–Kier alpha value is -3.46. The summed E-state index contributed by atoms with van der Waals surface area (Å²) in [5, 5.41) is 12.2. The summed E-state index contributed by atoms with van der Waals surface area (Å²) in [5.74, 6) is -0.811. The molecule has 9 heteroatoms. The van der Waals surface area contributed by atoms with Crippen molar-refractivity contribution in [2.24, 2.45) is 12.5 Å². The Labute approximate surface area is 203 Å². The number of aromatic nitrogens is 4. The van der Waals surface area contributed by atoms with Crippen molar-refractivity contribution in [3.63, 3.8) is 0 Å². The first-order valence-corrected chi connectivity index (χ1v) is 12.1. The lowest BCUT2D eigenvalue weighted by atomic mass is 10.1. The van der Waals surface area contributed by atoms with Gasteiger partial charge in [-0.2, -0.15) is 5.10 Å². The number of nitrogens with one attached hydrogen (secondary N) is 2. The monoisotopic (exact) mass is 475 g/mol. The first-order chi connectivity index (χ1) is 16.7. The summed E-state index contributed by atoms with van der Waals surface area (Å²) >= 11 is 0. The summed E-state index contributed by atoms with van der Waals surface area (Å²) in [6.45, 7) is 8.32. The van der Waals surface area contributed by atoms with Crippen LogP contribution in [-0.4, -0.2) is 50.2 Å². The third-order valence-corrected chi connectivity index (χ3v) is 7.38. The minimum absolute atomic E-state index is 0.237. The van der Waals surface area contributed by atoms with Crippen molar-refractivity contribution >= 4 is 33.8 Å². The van der Waals surface area contributed by atoms with Crippen LogP contribution in [0.4, 0.5) is 15.8 Å². The molecule has 2 atom stereocenters. The molecule has 1 amide bonds. The van der Waals surface area contributed by atoms with Gasteiger partial charge < -0.3 is 19.9 Å². The van der Waals surface area contributed by atoms with E-state index >= 15 is 0 Å². The third kappa shape index (κ3) is 3.93. The van der Waals surface area contributed by atoms with Crippen LogP contribution in [0.3, 0.4) is 0 Å². The molecule has 1 unspecified atom stereocenters. The standard InChI is InChI=1S/C26H30FN7O/c1-15-11-34-13-17(9-20(27)24(34)28-15)30-25(35)18-5-6-21(19-14-32(4)31-23(18)19)33-8-7-16(12-33)29-22-10-26(22,2)3/h5-6,9,11,13-14,16,22,29H,7-8,10,12H2,1-4H3,(H,30,35)/t16-,22?/m0/s1. The minimum Gasteiger partial charge on any atom is -0.369 e. The van der Waals surface area contributed by atoms with Crippen molar-refractivity contribution in [1.29, 1.82) is 0 Å². The molecular weight excluding hydrogens is 445 g/mol. The van der Waals surface area contributed by atoms with Crippen molar-refractivity contribution in [2.45, 2.75) is 45.7 Å². The molecule has 1 aliphatic heterocycles. The first kappa shape index (κ1) is 22.0. The van der Waals surface area contributed by atoms with Crippen LogP contribution in [0.1, 0.15) is 42.7 Å². The van der Waals surface area contributed by atoms with Crippen LogP contribution in [-0.2, 0) is 7.05 Å². The molecule has 8 nitrogen and oxygen atoms in total. The van der Waals surface area contributed by atoms with Crippen molar-refractivity contribution in [2.75, 3.05) is 23.3 Å². The summed E-state index contributed by atoms with van der Waals surface area (Å²) in [6.07, 6.45) is 7.68. The van der Waals surface area contributed by atoms with E-state index in [1.54, 1.807) is 28.4 Å². The highest BCUT2D eigenvalue weighted by molar-refractivity contribution is 6.13. The zero-order valence-electron chi connectivity index (χ0n) is 20.5. The van der Waals surface area contributed by atoms with Gasteiger partial charge in [0.2, 0.25) is 0 Å². The molecule has 6 rings (SSSR count). The molecule has 4 aromatic rings. The Morgan fingerprint density at radius 2 is 2.03 bits per heavy atom. The smallest absolute Gasteiger partial charge is 0.257 e. The van der Waals surface area contributed by atoms with Crippen LogP contribution in [0.2, 0.25) is 0 Å². The first-order valence-electron chi connectivity index (χ1n) is 12.1. The molecule has 1 saturated heterocycles. The number of amides is 1. The fraction of sp³-hybridized carbons (Fsp3) is 0.423. The summed E-state index contributed by atoms with van der Waals surface area (Å²) < 4.78 is 17.8. The lowest BCUT2D eigenvalue weighted by Gasteiger charge is -2.21. The van der Waals surface area contributed by atoms with E-state index in [1.165, 1.54) is 12.5 Å². The van der Waals surface area contributed by atoms with E-state index in [9.17, 15) is 9.18 Å². The van der Waals surface area contributed by atoms with Gasteiger partial charge in [0.25, 0.3) is 5.91 Å². The number of halogens is 1. The molecule has 1 saturated carbocycles. The molecule has 0 radical (unpaired) electrons. The maximum Gasteiger partial charge on any atom is 0.257 e. The summed E-state index contributed by atoms with van der Waals surface area (Å²) in [4.78, 5) is 19.8. The van der Waals surface area contributed by atoms with E-state index in [0.717, 1.165) is 30.6 Å². The number of hydrogen-bond acceptors (Lipinski definition) is 5. The number of pyridine rings is 1. The number of carbonyl (C=O) groups excluding carboxylic acids is 1. The van der Waals surface area contributed by atoms with Crippen LogP contribution in [0.25, 0.3) is 16.6 Å². The number of fused-ring (bicyclic) bond motifs is 2. The van der Waals surface area contributed by atoms with Crippen LogP contribution >= 0.6 is 0 Å². The maximum atomic E-state index is 14.5. The molecule has 1 aromatic carbocycles. The predicted molar refractivity (Wildman–Crippen MR) is 134 cm³/mol. The fourth-order valence-corrected chi connectivity index (χ4v) is 5.26. The maximum absolute atomic E-state index is 14.5. The number of anilines is 2. The second kappa shape index (κ2) is 7.78. The highest BCUT2D eigenvalue weighted by Crippen LogP contribution is 2.45. The van der Waals surface area contributed by atoms with Crippen molar-refractivity contribution in [3.05, 3.63) is 53.9 Å². The van der Waals surface area contributed by atoms with E-state index in [0.29, 0.717) is 40.0 Å². The third-order valence-electron chi connectivity index (χ3n) is 7.38. The van der Waals surface area contributed by atoms with E-state index in [2.05, 4.69) is 39.5 Å². The molecule has 0 bridgehead atoms. The zero-order chi connectivity index (χ0) is 24.5. The number of hydrogen-bond donors (Lipinski definition) is 2. The van der Waals surface area contributed by atoms with E-state index in [4.69, 9.17) is 0 Å². The highest BCUT2D eigenvalue weighted by atomic mass is 19.1. The van der Waals surface area contributed by atoms with Crippen LogP contribution in [0.15, 0.2) is 36.8 Å². The quantitative estimate of drug-likeness (QED) is 0.458. The number of rotatable bonds is 5. The Bertz CT molecular complexity index is 1470. The van der Waals surface area contributed by atoms with Crippen molar-refractivity contribution in [3.8, 4) is 0 Å². The van der Waals surface area contributed by atoms with E-state index in [1.807, 2.05) is 25.4 Å². The average molecular weight is 476 g/mol. The molecule has 2 fully saturated rings. The van der Waals surface area contributed by atoms with Gasteiger partial charge in [0.05, 0.1) is 16.9 Å². The van der Waals surface area contributed by atoms with Gasteiger partial charge in [0.1, 0.15) is 5.52 Å². The van der Waals surface area contributed by atoms with Gasteiger partial charge in [-0.15, -0.1) is 0 Å². The second-order valence-electron chi connectivity index (χ2n) is 10.7. The minimum atomic E-state index is -0.485. The van der Waals surface area contributed by atoms with Gasteiger partial charge in [-0.05, 0) is 37.3 Å². The lowest BCUT2D eigenvalue weighted by Crippen LogP contribution is -2.35. The molecular formula is C26H30FN7O. The molecule has 4 heterocycles. The largest absolute Gasteiger partial charge is 0.369 e. The molecule has 2 N–H and O–H groups in total. The van der Waals surface area contributed by atoms with Gasteiger partial charge in [0.15, 0.2) is 11.5 Å². The highest BCUT2D eigenvalue weighted by Gasteiger charge is 2.46. The summed E-state index contributed by atoms with van der Waals surface area (Å²) in [5.41, 5.74) is 3.90. The predicted octanol–water partition coefficient (Wildman–Crippen LogP) is 3.89. The average Bonchev–Trinajstić information content (AvgIpc) is 3.22. The zero-order valence-corrected chi connectivity index (χ0v) is 20.5. The van der Waals surface area contributed by atoms with E-state index < -0.39 is 5.82 Å². The van der Waals surface area contributed by atoms with Gasteiger partial charge in [-0.1, -0.05) is 13.8 Å². The van der Waals surface area contributed by atoms with Crippen LogP contribution in [0.5, 0.6) is 0 Å². The Balaban J connectivity index is 1.26. The molecule has 1 aliphatic carbocycles. The van der Waals surface area contributed by atoms with Crippen LogP contribution < -0.4 is 15.5 Å². The molecule has 0 spiro atoms. The fourth-order valence-electron chi connectivity index (χ4n) is 5.26. The molecule has 3 aromatic heterocycles. The SMILES string of the molecule is Cc1cn2cc(NC(=O)c3ccc(N4CC[C@H](NC5CC5(C)C)C4)c4cn(C)nc34)cc(F)c2n1. The number of aryl methyl sites for hydroxylation is 2. The summed E-state index contributed by atoms with van der Waals surface area (Å²) in [6, 6.07) is 6.19. The van der Waals surface area contributed by atoms with Gasteiger partial charge in [-0.25, -0.2) is 9.37 Å². The van der Waals surface area contributed by atoms with Crippen LogP contribution in [0, 0.1) is 18.2 Å². The molecule has 2 aliphatic rings. The van der Waals surface area contributed by atoms with Gasteiger partial charge >= 0.3 is 0 Å². The van der Waals surface area contributed by atoms with Crippen molar-refractivity contribution < 1.29 is 9.18 Å². The van der Waals surface area contributed by atoms with E-state index in [-0.39, 0.29) is 11.6 Å². The summed E-state index contributed by atoms with van der Waals surface area (Å²) in [7, 11) is 1.86. The van der Waals surface area contributed by atoms with Gasteiger partial charge in [-0.3, -0.25) is 9.48 Å². The Morgan fingerprint density at radius 3 is 2.80 bits per heavy atom. The number of nitrogens with zero attached hydrogens (tertiary/aromatic N) is 5. The Morgan fingerprint density at radius 1 is 1.23 bits per heavy atom. The molecule has 182 valence electrons. The topological polar surface area (TPSA) is 79.5 Å². The normalized spacial score (nSPS) is 21.2. The number of carbonyl (C=O) groups is 1. The van der Waals surface area contributed by atoms with Gasteiger partial charge in [0, 0.05) is 68.0 Å². The second-order valence-corrected chi connectivity index (χ2v) is 10.7.